The van der Waals surface area contributed by atoms with Crippen molar-refractivity contribution in [3.63, 3.8) is 0 Å². The number of hydrogen-bond acceptors (Lipinski definition) is 7. The summed E-state index contributed by atoms with van der Waals surface area (Å²) < 4.78 is 30.7. The van der Waals surface area contributed by atoms with Crippen molar-refractivity contribution in [2.75, 3.05) is 13.2 Å². The van der Waals surface area contributed by atoms with Crippen LogP contribution >= 0.6 is 0 Å². The average molecular weight is 406 g/mol. The second kappa shape index (κ2) is 6.61. The first-order valence-electron chi connectivity index (χ1n) is 10.8. The first kappa shape index (κ1) is 19.7. The maximum atomic E-state index is 12.7. The van der Waals surface area contributed by atoms with Gasteiger partial charge in [-0.1, -0.05) is 18.6 Å². The van der Waals surface area contributed by atoms with E-state index in [2.05, 4.69) is 13.0 Å². The third kappa shape index (κ3) is 2.51. The van der Waals surface area contributed by atoms with Gasteiger partial charge < -0.3 is 28.5 Å². The van der Waals surface area contributed by atoms with Crippen molar-refractivity contribution in [3.05, 3.63) is 11.6 Å². The highest BCUT2D eigenvalue weighted by Crippen LogP contribution is 2.71. The van der Waals surface area contributed by atoms with E-state index in [1.807, 2.05) is 6.92 Å². The summed E-state index contributed by atoms with van der Waals surface area (Å²) in [6.07, 6.45) is 5.04. The van der Waals surface area contributed by atoms with Crippen molar-refractivity contribution in [1.29, 1.82) is 0 Å². The zero-order valence-corrected chi connectivity index (χ0v) is 17.3. The quantitative estimate of drug-likeness (QED) is 0.307. The summed E-state index contributed by atoms with van der Waals surface area (Å²) in [7, 11) is 0. The standard InChI is InChI=1S/C22H30O7/c1-13-7-8-21(11-23)15(10-13)28-19-17(29-16-6-4-5-9-25-16)18(27-14(2)24)20(21,3)22(19)12-26-22/h10-11,15-19H,4-9,12H2,1-3H3/t15?,16?,17-,18-,19?,20-,21-,22?/m1/s1. The number of carbonyl (C=O) groups excluding carboxylic acids is 2. The number of rotatable bonds is 4. The molecule has 4 unspecified atom stereocenters. The van der Waals surface area contributed by atoms with Gasteiger partial charge in [-0.3, -0.25) is 4.79 Å². The van der Waals surface area contributed by atoms with E-state index in [1.165, 1.54) is 12.5 Å². The van der Waals surface area contributed by atoms with Crippen molar-refractivity contribution in [1.82, 2.24) is 0 Å². The van der Waals surface area contributed by atoms with Gasteiger partial charge in [0.1, 0.15) is 30.2 Å². The molecule has 29 heavy (non-hydrogen) atoms. The fourth-order valence-electron chi connectivity index (χ4n) is 6.34. The minimum Gasteiger partial charge on any atom is -0.459 e. The summed E-state index contributed by atoms with van der Waals surface area (Å²) in [5.41, 5.74) is -1.04. The van der Waals surface area contributed by atoms with Crippen LogP contribution in [0.2, 0.25) is 0 Å². The lowest BCUT2D eigenvalue weighted by molar-refractivity contribution is -0.230. The molecule has 1 saturated carbocycles. The third-order valence-corrected chi connectivity index (χ3v) is 8.05. The molecule has 0 amide bonds. The van der Waals surface area contributed by atoms with E-state index in [-0.39, 0.29) is 12.4 Å². The Morgan fingerprint density at radius 3 is 2.76 bits per heavy atom. The first-order valence-corrected chi connectivity index (χ1v) is 10.8. The highest BCUT2D eigenvalue weighted by atomic mass is 16.7. The predicted octanol–water partition coefficient (Wildman–Crippen LogP) is 2.31. The summed E-state index contributed by atoms with van der Waals surface area (Å²) in [5, 5.41) is 0. The fourth-order valence-corrected chi connectivity index (χ4v) is 6.34. The van der Waals surface area contributed by atoms with Crippen LogP contribution < -0.4 is 0 Å². The van der Waals surface area contributed by atoms with E-state index in [0.717, 1.165) is 32.0 Å². The molecule has 3 saturated heterocycles. The van der Waals surface area contributed by atoms with Gasteiger partial charge in [0.2, 0.25) is 0 Å². The molecule has 7 nitrogen and oxygen atoms in total. The Balaban J connectivity index is 1.60. The summed E-state index contributed by atoms with van der Waals surface area (Å²) in [5.74, 6) is -0.391. The number of esters is 1. The van der Waals surface area contributed by atoms with E-state index < -0.39 is 40.7 Å². The summed E-state index contributed by atoms with van der Waals surface area (Å²) in [6.45, 7) is 6.63. The highest BCUT2D eigenvalue weighted by Gasteiger charge is 2.86. The van der Waals surface area contributed by atoms with E-state index in [9.17, 15) is 9.59 Å². The fraction of sp³-hybridized carbons (Fsp3) is 0.818. The second-order valence-corrected chi connectivity index (χ2v) is 9.46. The molecule has 0 aromatic heterocycles. The Hall–Kier alpha value is -1.28. The molecule has 8 atom stereocenters. The topological polar surface area (TPSA) is 83.6 Å². The van der Waals surface area contributed by atoms with Gasteiger partial charge in [0.15, 0.2) is 6.29 Å². The Kier molecular flexibility index (Phi) is 4.48. The van der Waals surface area contributed by atoms with E-state index >= 15 is 0 Å². The van der Waals surface area contributed by atoms with Gasteiger partial charge >= 0.3 is 5.97 Å². The monoisotopic (exact) mass is 406 g/mol. The molecule has 0 aromatic carbocycles. The molecule has 7 heteroatoms. The number of ether oxygens (including phenoxy) is 5. The van der Waals surface area contributed by atoms with E-state index in [4.69, 9.17) is 23.7 Å². The zero-order valence-electron chi connectivity index (χ0n) is 17.3. The van der Waals surface area contributed by atoms with Gasteiger partial charge in [0, 0.05) is 13.5 Å². The van der Waals surface area contributed by atoms with Crippen molar-refractivity contribution in [3.8, 4) is 0 Å². The number of hydrogen-bond donors (Lipinski definition) is 0. The molecule has 0 aromatic rings. The number of carbonyl (C=O) groups is 2. The van der Waals surface area contributed by atoms with Gasteiger partial charge in [0.25, 0.3) is 0 Å². The van der Waals surface area contributed by atoms with Crippen LogP contribution in [0.5, 0.6) is 0 Å². The lowest BCUT2D eigenvalue weighted by Crippen LogP contribution is -2.65. The summed E-state index contributed by atoms with van der Waals surface area (Å²) in [6, 6.07) is 0. The normalized spacial score (nSPS) is 50.6. The minimum absolute atomic E-state index is 0.361. The van der Waals surface area contributed by atoms with E-state index in [1.54, 1.807) is 0 Å². The van der Waals surface area contributed by atoms with Gasteiger partial charge in [-0.15, -0.1) is 0 Å². The minimum atomic E-state index is -0.828. The number of fused-ring (bicyclic) bond motifs is 2. The smallest absolute Gasteiger partial charge is 0.303 e. The molecular weight excluding hydrogens is 376 g/mol. The molecule has 3 heterocycles. The molecule has 2 bridgehead atoms. The average Bonchev–Trinajstić information content (AvgIpc) is 3.48. The number of allylic oxidation sites excluding steroid dienone is 1. The van der Waals surface area contributed by atoms with Crippen LogP contribution in [0.4, 0.5) is 0 Å². The maximum Gasteiger partial charge on any atom is 0.303 e. The number of aldehydes is 1. The summed E-state index contributed by atoms with van der Waals surface area (Å²) in [4.78, 5) is 24.8. The van der Waals surface area contributed by atoms with Crippen LogP contribution in [-0.2, 0) is 33.3 Å². The Bertz CT molecular complexity index is 737. The zero-order chi connectivity index (χ0) is 20.4. The maximum absolute atomic E-state index is 12.7. The largest absolute Gasteiger partial charge is 0.459 e. The van der Waals surface area contributed by atoms with Gasteiger partial charge in [0.05, 0.1) is 23.5 Å². The highest BCUT2D eigenvalue weighted by molar-refractivity contribution is 5.69. The van der Waals surface area contributed by atoms with Crippen LogP contribution in [0, 0.1) is 10.8 Å². The molecular formula is C22H30O7. The second-order valence-electron chi connectivity index (χ2n) is 9.46. The van der Waals surface area contributed by atoms with Crippen LogP contribution in [-0.4, -0.2) is 61.8 Å². The van der Waals surface area contributed by atoms with Crippen molar-refractivity contribution < 1.29 is 33.3 Å². The lowest BCUT2D eigenvalue weighted by atomic mass is 9.51. The van der Waals surface area contributed by atoms with Gasteiger partial charge in [-0.25, -0.2) is 0 Å². The van der Waals surface area contributed by atoms with Crippen LogP contribution in [0.1, 0.15) is 52.9 Å². The van der Waals surface area contributed by atoms with Crippen molar-refractivity contribution in [2.45, 2.75) is 89.2 Å². The molecule has 0 radical (unpaired) electrons. The lowest BCUT2D eigenvalue weighted by Gasteiger charge is -2.55. The molecule has 3 aliphatic heterocycles. The van der Waals surface area contributed by atoms with Crippen LogP contribution in [0.3, 0.4) is 0 Å². The van der Waals surface area contributed by atoms with E-state index in [0.29, 0.717) is 19.6 Å². The molecule has 0 N–H and O–H groups in total. The number of epoxide rings is 1. The van der Waals surface area contributed by atoms with Crippen LogP contribution in [0.15, 0.2) is 11.6 Å². The van der Waals surface area contributed by atoms with Crippen LogP contribution in [0.25, 0.3) is 0 Å². The predicted molar refractivity (Wildman–Crippen MR) is 101 cm³/mol. The molecule has 1 spiro atoms. The van der Waals surface area contributed by atoms with Crippen molar-refractivity contribution >= 4 is 12.3 Å². The third-order valence-electron chi connectivity index (χ3n) is 8.05. The van der Waals surface area contributed by atoms with Gasteiger partial charge in [-0.05, 0) is 39.0 Å². The summed E-state index contributed by atoms with van der Waals surface area (Å²) >= 11 is 0. The first-order chi connectivity index (χ1) is 13.9. The Morgan fingerprint density at radius 2 is 2.14 bits per heavy atom. The Morgan fingerprint density at radius 1 is 1.34 bits per heavy atom. The van der Waals surface area contributed by atoms with Crippen molar-refractivity contribution in [2.24, 2.45) is 10.8 Å². The molecule has 2 aliphatic carbocycles. The molecule has 160 valence electrons. The SMILES string of the molecule is CC(=O)O[C@@H]1[C@@H](OC2CCCCO2)C2OC3C=C(C)CC[C@]3(C=O)[C@]1(C)C21CO1. The molecule has 5 aliphatic rings. The molecule has 5 rings (SSSR count). The molecule has 4 fully saturated rings. The Labute approximate surface area is 171 Å². The van der Waals surface area contributed by atoms with Gasteiger partial charge in [-0.2, -0.15) is 0 Å².